The summed E-state index contributed by atoms with van der Waals surface area (Å²) in [5, 5.41) is 0. The Bertz CT molecular complexity index is 243. The van der Waals surface area contributed by atoms with Crippen LogP contribution >= 0.6 is 0 Å². The first-order chi connectivity index (χ1) is 8.54. The first kappa shape index (κ1) is 29.8. The monoisotopic (exact) mass is 372 g/mol. The van der Waals surface area contributed by atoms with Gasteiger partial charge in [-0.1, -0.05) is 73.0 Å². The third kappa shape index (κ3) is 18.8. The summed E-state index contributed by atoms with van der Waals surface area (Å²) in [7, 11) is 0. The van der Waals surface area contributed by atoms with Crippen molar-refractivity contribution >= 4 is 0 Å². The van der Waals surface area contributed by atoms with Crippen molar-refractivity contribution in [2.24, 2.45) is 17.3 Å². The van der Waals surface area contributed by atoms with E-state index in [1.165, 1.54) is 24.8 Å². The van der Waals surface area contributed by atoms with Crippen molar-refractivity contribution in [3.8, 4) is 0 Å². The van der Waals surface area contributed by atoms with Gasteiger partial charge < -0.3 is 6.92 Å². The Labute approximate surface area is 162 Å². The van der Waals surface area contributed by atoms with Crippen molar-refractivity contribution in [1.29, 1.82) is 0 Å². The second-order valence-electron chi connectivity index (χ2n) is 7.48. The van der Waals surface area contributed by atoms with E-state index in [-0.39, 0.29) is 40.1 Å². The largest absolute Gasteiger partial charge is 0.343 e. The second kappa shape index (κ2) is 15.7. The molecule has 0 aromatic heterocycles. The van der Waals surface area contributed by atoms with Gasteiger partial charge in [0.2, 0.25) is 0 Å². The van der Waals surface area contributed by atoms with Gasteiger partial charge >= 0.3 is 0 Å². The minimum absolute atomic E-state index is 0. The molecule has 21 heavy (non-hydrogen) atoms. The third-order valence-electron chi connectivity index (χ3n) is 4.20. The fourth-order valence-corrected chi connectivity index (χ4v) is 1.69. The van der Waals surface area contributed by atoms with Crippen LogP contribution in [0.15, 0.2) is 11.1 Å². The second-order valence-corrected chi connectivity index (χ2v) is 7.48. The van der Waals surface area contributed by atoms with E-state index in [9.17, 15) is 0 Å². The normalized spacial score (nSPS) is 10.3. The Morgan fingerprint density at radius 1 is 1.00 bits per heavy atom. The minimum atomic E-state index is 0. The summed E-state index contributed by atoms with van der Waals surface area (Å²) in [6, 6.07) is 0. The van der Waals surface area contributed by atoms with Crippen molar-refractivity contribution in [1.82, 2.24) is 0 Å². The molecule has 1 heteroatoms. The van der Waals surface area contributed by atoms with Crippen LogP contribution in [0.1, 0.15) is 95.4 Å². The summed E-state index contributed by atoms with van der Waals surface area (Å²) in [5.74, 6) is 1.60. The maximum Gasteiger partial charge on any atom is 0 e. The molecule has 0 atom stereocenters. The molecule has 0 amide bonds. The fourth-order valence-electron chi connectivity index (χ4n) is 1.69. The van der Waals surface area contributed by atoms with Gasteiger partial charge in [-0.15, -0.1) is 0 Å². The Morgan fingerprint density at radius 3 is 1.62 bits per heavy atom. The Morgan fingerprint density at radius 2 is 1.43 bits per heavy atom. The fraction of sp³-hybridized carbons (Fsp3) is 0.850. The van der Waals surface area contributed by atoms with Gasteiger partial charge in [-0.25, -0.2) is 0 Å². The predicted molar refractivity (Wildman–Crippen MR) is 98.1 cm³/mol. The third-order valence-corrected chi connectivity index (χ3v) is 4.20. The molecule has 0 rings (SSSR count). The first-order valence-electron chi connectivity index (χ1n) is 7.96. The zero-order valence-corrected chi connectivity index (χ0v) is 18.6. The van der Waals surface area contributed by atoms with E-state index in [1.54, 1.807) is 5.57 Å². The number of hydrogen-bond donors (Lipinski definition) is 0. The molecule has 0 saturated carbocycles. The SMILES string of the molecule is C.CC(C)=C(C)CC(C)C.[CH2-]CCCC(C)(C)C(C)C.[Y]. The van der Waals surface area contributed by atoms with Gasteiger partial charge in [0, 0.05) is 32.7 Å². The Balaban J connectivity index is -0.000000126. The van der Waals surface area contributed by atoms with Crippen LogP contribution in [0.2, 0.25) is 0 Å². The molecule has 0 saturated heterocycles. The molecule has 127 valence electrons. The molecular formula is C20H43Y-. The minimum Gasteiger partial charge on any atom is -0.343 e. The predicted octanol–water partition coefficient (Wildman–Crippen LogP) is 7.70. The van der Waals surface area contributed by atoms with Gasteiger partial charge in [0.25, 0.3) is 0 Å². The maximum atomic E-state index is 3.85. The molecule has 0 bridgehead atoms. The zero-order chi connectivity index (χ0) is 15.6. The summed E-state index contributed by atoms with van der Waals surface area (Å²) < 4.78 is 0. The van der Waals surface area contributed by atoms with Crippen LogP contribution in [-0.2, 0) is 32.7 Å². The van der Waals surface area contributed by atoms with E-state index in [1.807, 2.05) is 0 Å². The van der Waals surface area contributed by atoms with Crippen LogP contribution in [0.5, 0.6) is 0 Å². The van der Waals surface area contributed by atoms with E-state index in [0.717, 1.165) is 18.3 Å². The van der Waals surface area contributed by atoms with Crippen LogP contribution in [0.3, 0.4) is 0 Å². The van der Waals surface area contributed by atoms with Crippen LogP contribution in [-0.4, -0.2) is 0 Å². The van der Waals surface area contributed by atoms with E-state index < -0.39 is 0 Å². The topological polar surface area (TPSA) is 0 Å². The van der Waals surface area contributed by atoms with Gasteiger partial charge in [-0.05, 0) is 44.4 Å². The molecule has 0 spiro atoms. The molecule has 0 nitrogen and oxygen atoms in total. The number of unbranched alkanes of at least 4 members (excludes halogenated alkanes) is 1. The average molecular weight is 372 g/mol. The molecule has 0 fully saturated rings. The standard InChI is InChI=1S/C10H21.C9H18.CH4.Y/c1-6-7-8-10(4,5)9(2)3;1-7(2)6-9(5)8(3)4;;/h9H,1,6-8H2,2-5H3;7H,6H2,1-5H3;1H4;/q-1;;;. The molecule has 0 aliphatic rings. The van der Waals surface area contributed by atoms with Crippen molar-refractivity contribution in [2.45, 2.75) is 95.4 Å². The van der Waals surface area contributed by atoms with Crippen LogP contribution in [0.25, 0.3) is 0 Å². The van der Waals surface area contributed by atoms with Gasteiger partial charge in [0.05, 0.1) is 0 Å². The van der Waals surface area contributed by atoms with Crippen molar-refractivity contribution in [3.05, 3.63) is 18.1 Å². The molecule has 1 radical (unpaired) electrons. The molecule has 0 N–H and O–H groups in total. The number of hydrogen-bond acceptors (Lipinski definition) is 0. The summed E-state index contributed by atoms with van der Waals surface area (Å²) >= 11 is 0. The van der Waals surface area contributed by atoms with Crippen LogP contribution in [0.4, 0.5) is 0 Å². The molecule has 0 aromatic carbocycles. The van der Waals surface area contributed by atoms with Gasteiger partial charge in [0.1, 0.15) is 0 Å². The van der Waals surface area contributed by atoms with Crippen molar-refractivity contribution in [2.75, 3.05) is 0 Å². The van der Waals surface area contributed by atoms with Crippen molar-refractivity contribution in [3.63, 3.8) is 0 Å². The summed E-state index contributed by atoms with van der Waals surface area (Å²) in [6.07, 6.45) is 4.91. The van der Waals surface area contributed by atoms with E-state index in [2.05, 4.69) is 69.2 Å². The van der Waals surface area contributed by atoms with Gasteiger partial charge in [-0.2, -0.15) is 6.42 Å². The van der Waals surface area contributed by atoms with Gasteiger partial charge in [-0.3, -0.25) is 0 Å². The average Bonchev–Trinajstić information content (AvgIpc) is 2.26. The molecule has 0 aliphatic heterocycles. The van der Waals surface area contributed by atoms with Crippen molar-refractivity contribution < 1.29 is 32.7 Å². The molecule has 0 aromatic rings. The summed E-state index contributed by atoms with van der Waals surface area (Å²) in [5.41, 5.74) is 3.53. The number of allylic oxidation sites excluding steroid dienone is 2. The quantitative estimate of drug-likeness (QED) is 0.331. The maximum absolute atomic E-state index is 3.85. The zero-order valence-electron chi connectivity index (χ0n) is 15.8. The summed E-state index contributed by atoms with van der Waals surface area (Å²) in [4.78, 5) is 0. The Hall–Kier alpha value is 0.844. The first-order valence-corrected chi connectivity index (χ1v) is 7.96. The van der Waals surface area contributed by atoms with E-state index >= 15 is 0 Å². The Kier molecular flexibility index (Phi) is 22.3. The molecule has 0 heterocycles. The van der Waals surface area contributed by atoms with E-state index in [0.29, 0.717) is 5.41 Å². The summed E-state index contributed by atoms with van der Waals surface area (Å²) in [6.45, 7) is 24.2. The molecule has 0 aliphatic carbocycles. The molecular weight excluding hydrogens is 329 g/mol. The van der Waals surface area contributed by atoms with Crippen LogP contribution < -0.4 is 0 Å². The van der Waals surface area contributed by atoms with E-state index in [4.69, 9.17) is 0 Å². The van der Waals surface area contributed by atoms with Crippen LogP contribution in [0, 0.1) is 24.2 Å². The van der Waals surface area contributed by atoms with Gasteiger partial charge in [0.15, 0.2) is 0 Å². The molecule has 0 unspecified atom stereocenters. The smallest absolute Gasteiger partial charge is 0 e. The number of rotatable bonds is 6.